The van der Waals surface area contributed by atoms with E-state index in [2.05, 4.69) is 5.90 Å². The van der Waals surface area contributed by atoms with Gasteiger partial charge in [-0.25, -0.2) is 5.90 Å². The third kappa shape index (κ3) is 4.25. The molecule has 0 spiro atoms. The van der Waals surface area contributed by atoms with Gasteiger partial charge in [0.2, 0.25) is 0 Å². The molecule has 0 aromatic carbocycles. The summed E-state index contributed by atoms with van der Waals surface area (Å²) in [7, 11) is 0. The molecule has 0 aromatic rings. The Morgan fingerprint density at radius 3 is 0.909 bits per heavy atom. The fourth-order valence-electron chi connectivity index (χ4n) is 0.300. The molecular weight excluding hydrogens is 154 g/mol. The highest BCUT2D eigenvalue weighted by Gasteiger charge is 2.26. The van der Waals surface area contributed by atoms with E-state index in [4.69, 9.17) is 25.6 Å². The first-order valence-electron chi connectivity index (χ1n) is 2.94. The minimum atomic E-state index is -1.11. The molecule has 0 amide bonds. The maximum absolute atomic E-state index is 8.50. The molecule has 0 radical (unpaired) electrons. The van der Waals surface area contributed by atoms with Crippen molar-refractivity contribution in [2.24, 2.45) is 11.3 Å². The molecule has 0 aliphatic carbocycles. The quantitative estimate of drug-likeness (QED) is 0.254. The molecule has 11 heavy (non-hydrogen) atoms. The van der Waals surface area contributed by atoms with E-state index < -0.39 is 31.8 Å². The largest absolute Gasteiger partial charge is 0.396 e. The van der Waals surface area contributed by atoms with E-state index >= 15 is 0 Å². The molecule has 6 nitrogen and oxygen atoms in total. The van der Waals surface area contributed by atoms with Crippen LogP contribution in [0.5, 0.6) is 0 Å². The van der Waals surface area contributed by atoms with Crippen molar-refractivity contribution < 1.29 is 25.6 Å². The van der Waals surface area contributed by atoms with Crippen molar-refractivity contribution in [1.29, 1.82) is 0 Å². The SMILES string of the molecule is NO.OCC(CO)(CO)CO. The van der Waals surface area contributed by atoms with Crippen LogP contribution in [-0.4, -0.2) is 52.1 Å². The number of hydrogen-bond donors (Lipinski definition) is 6. The third-order valence-electron chi connectivity index (χ3n) is 1.34. The molecule has 0 aliphatic heterocycles. The van der Waals surface area contributed by atoms with Crippen LogP contribution in [-0.2, 0) is 0 Å². The van der Waals surface area contributed by atoms with E-state index in [-0.39, 0.29) is 0 Å². The first kappa shape index (κ1) is 13.4. The molecule has 0 atom stereocenters. The zero-order valence-electron chi connectivity index (χ0n) is 6.14. The molecule has 0 aromatic heterocycles. The smallest absolute Gasteiger partial charge is 0.0627 e. The highest BCUT2D eigenvalue weighted by molar-refractivity contribution is 4.74. The lowest BCUT2D eigenvalue weighted by Gasteiger charge is -2.23. The summed E-state index contributed by atoms with van der Waals surface area (Å²) in [5.41, 5.74) is -1.11. The number of rotatable bonds is 4. The van der Waals surface area contributed by atoms with Crippen molar-refractivity contribution in [2.75, 3.05) is 26.4 Å². The summed E-state index contributed by atoms with van der Waals surface area (Å²) in [4.78, 5) is 0. The highest BCUT2D eigenvalue weighted by atomic mass is 16.4. The summed E-state index contributed by atoms with van der Waals surface area (Å²) in [6, 6.07) is 0. The van der Waals surface area contributed by atoms with Crippen LogP contribution in [0, 0.1) is 5.41 Å². The Kier molecular flexibility index (Phi) is 9.55. The van der Waals surface area contributed by atoms with Crippen LogP contribution >= 0.6 is 0 Å². The van der Waals surface area contributed by atoms with Gasteiger partial charge >= 0.3 is 0 Å². The molecule has 6 heteroatoms. The Hall–Kier alpha value is -0.240. The van der Waals surface area contributed by atoms with Crippen LogP contribution < -0.4 is 5.90 Å². The standard InChI is InChI=1S/C5H12O4.H3NO/c6-1-5(2-7,3-8)4-9;1-2/h6-9H,1-4H2;2H,1H2. The predicted octanol–water partition coefficient (Wildman–Crippen LogP) is -2.72. The maximum atomic E-state index is 8.50. The lowest BCUT2D eigenvalue weighted by atomic mass is 9.93. The number of hydrogen-bond acceptors (Lipinski definition) is 6. The summed E-state index contributed by atoms with van der Waals surface area (Å²) < 4.78 is 0. The van der Waals surface area contributed by atoms with E-state index in [0.717, 1.165) is 0 Å². The van der Waals surface area contributed by atoms with Gasteiger partial charge in [0.25, 0.3) is 0 Å². The minimum absolute atomic E-state index is 0.406. The summed E-state index contributed by atoms with van der Waals surface area (Å²) in [5.74, 6) is 3.50. The third-order valence-corrected chi connectivity index (χ3v) is 1.34. The van der Waals surface area contributed by atoms with Gasteiger partial charge in [0.1, 0.15) is 0 Å². The Labute approximate surface area is 64.5 Å². The van der Waals surface area contributed by atoms with E-state index in [9.17, 15) is 0 Å². The summed E-state index contributed by atoms with van der Waals surface area (Å²) in [6.07, 6.45) is 0. The lowest BCUT2D eigenvalue weighted by molar-refractivity contribution is -0.0328. The van der Waals surface area contributed by atoms with Crippen molar-refractivity contribution in [3.8, 4) is 0 Å². The molecule has 0 rings (SSSR count). The lowest BCUT2D eigenvalue weighted by Crippen LogP contribution is -2.37. The van der Waals surface area contributed by atoms with Gasteiger partial charge in [-0.05, 0) is 0 Å². The molecule has 0 bridgehead atoms. The Morgan fingerprint density at radius 2 is 0.909 bits per heavy atom. The van der Waals surface area contributed by atoms with Gasteiger partial charge in [-0.2, -0.15) is 0 Å². The average Bonchev–Trinajstić information content (AvgIpc) is 2.13. The van der Waals surface area contributed by atoms with Gasteiger partial charge in [0.15, 0.2) is 0 Å². The van der Waals surface area contributed by atoms with Gasteiger partial charge < -0.3 is 25.6 Å². The topological polar surface area (TPSA) is 127 Å². The molecule has 0 saturated carbocycles. The van der Waals surface area contributed by atoms with E-state index in [1.807, 2.05) is 0 Å². The Bertz CT molecular complexity index is 57.8. The summed E-state index contributed by atoms with van der Waals surface area (Å²) >= 11 is 0. The van der Waals surface area contributed by atoms with E-state index in [1.54, 1.807) is 0 Å². The van der Waals surface area contributed by atoms with Gasteiger partial charge in [0, 0.05) is 0 Å². The minimum Gasteiger partial charge on any atom is -0.396 e. The van der Waals surface area contributed by atoms with Crippen molar-refractivity contribution in [2.45, 2.75) is 0 Å². The first-order chi connectivity index (χ1) is 5.24. The van der Waals surface area contributed by atoms with Crippen molar-refractivity contribution in [3.63, 3.8) is 0 Å². The van der Waals surface area contributed by atoms with E-state index in [1.165, 1.54) is 0 Å². The van der Waals surface area contributed by atoms with Gasteiger partial charge in [0.05, 0.1) is 31.8 Å². The molecule has 0 heterocycles. The van der Waals surface area contributed by atoms with Crippen LogP contribution in [0.2, 0.25) is 0 Å². The molecule has 70 valence electrons. The molecule has 7 N–H and O–H groups in total. The molecule has 0 saturated heterocycles. The van der Waals surface area contributed by atoms with Gasteiger partial charge in [-0.15, -0.1) is 0 Å². The summed E-state index contributed by atoms with van der Waals surface area (Å²) in [6.45, 7) is -1.62. The van der Waals surface area contributed by atoms with Crippen LogP contribution in [0.25, 0.3) is 0 Å². The predicted molar refractivity (Wildman–Crippen MR) is 36.8 cm³/mol. The Balaban J connectivity index is 0. The molecule has 0 fully saturated rings. The van der Waals surface area contributed by atoms with Crippen LogP contribution in [0.15, 0.2) is 0 Å². The van der Waals surface area contributed by atoms with Crippen LogP contribution in [0.3, 0.4) is 0 Å². The van der Waals surface area contributed by atoms with Crippen molar-refractivity contribution in [3.05, 3.63) is 0 Å². The number of aliphatic hydroxyl groups is 4. The van der Waals surface area contributed by atoms with E-state index in [0.29, 0.717) is 0 Å². The zero-order valence-corrected chi connectivity index (χ0v) is 6.14. The monoisotopic (exact) mass is 169 g/mol. The van der Waals surface area contributed by atoms with Crippen molar-refractivity contribution in [1.82, 2.24) is 0 Å². The highest BCUT2D eigenvalue weighted by Crippen LogP contribution is 2.11. The number of aliphatic hydroxyl groups excluding tert-OH is 4. The van der Waals surface area contributed by atoms with Crippen LogP contribution in [0.4, 0.5) is 0 Å². The van der Waals surface area contributed by atoms with Crippen molar-refractivity contribution >= 4 is 0 Å². The van der Waals surface area contributed by atoms with Crippen LogP contribution in [0.1, 0.15) is 0 Å². The average molecular weight is 169 g/mol. The van der Waals surface area contributed by atoms with Gasteiger partial charge in [-0.3, -0.25) is 0 Å². The number of nitrogens with two attached hydrogens (primary N) is 1. The maximum Gasteiger partial charge on any atom is 0.0627 e. The fraction of sp³-hybridized carbons (Fsp3) is 1.00. The van der Waals surface area contributed by atoms with Gasteiger partial charge in [-0.1, -0.05) is 0 Å². The molecule has 0 unspecified atom stereocenters. The normalized spacial score (nSPS) is 10.4. The zero-order chi connectivity index (χ0) is 9.33. The second-order valence-electron chi connectivity index (χ2n) is 2.13. The molecule has 0 aliphatic rings. The summed E-state index contributed by atoms with van der Waals surface area (Å²) in [5, 5.41) is 40.5. The fourth-order valence-corrected chi connectivity index (χ4v) is 0.300. The second kappa shape index (κ2) is 7.86. The molecular formula is C5H15NO5. The second-order valence-corrected chi connectivity index (χ2v) is 2.13. The Morgan fingerprint density at radius 1 is 0.727 bits per heavy atom. The first-order valence-corrected chi connectivity index (χ1v) is 2.94.